The lowest BCUT2D eigenvalue weighted by Crippen LogP contribution is -2.29. The van der Waals surface area contributed by atoms with Gasteiger partial charge in [-0.3, -0.25) is 4.79 Å². The van der Waals surface area contributed by atoms with Crippen LogP contribution in [0.5, 0.6) is 0 Å². The maximum absolute atomic E-state index is 13.6. The summed E-state index contributed by atoms with van der Waals surface area (Å²) in [5.74, 6) is -0.929. The average molecular weight is 683 g/mol. The van der Waals surface area contributed by atoms with Gasteiger partial charge in [0.15, 0.2) is 0 Å². The first-order valence-electron chi connectivity index (χ1n) is 15.6. The first-order valence-corrected chi connectivity index (χ1v) is 17.3. The summed E-state index contributed by atoms with van der Waals surface area (Å²) in [6, 6.07) is 16.2. The predicted octanol–water partition coefficient (Wildman–Crippen LogP) is 4.93. The third kappa shape index (κ3) is 9.26. The van der Waals surface area contributed by atoms with Crippen molar-refractivity contribution in [1.29, 1.82) is 0 Å². The Balaban J connectivity index is 1.08. The highest BCUT2D eigenvalue weighted by Gasteiger charge is 2.31. The maximum Gasteiger partial charge on any atom is 0.337 e. The number of carbonyl (C=O) groups is 2. The SMILES string of the molecule is CNC(=O)c1c(-c2ccc(F)cc2)oc2cc(CS(=O)(=O)NCCOCCOCCOCc3cccc(C(=O)OC)c3)c(C3CC3)cc12. The van der Waals surface area contributed by atoms with E-state index in [1.165, 1.54) is 38.4 Å². The molecule has 4 aromatic rings. The van der Waals surface area contributed by atoms with Gasteiger partial charge in [-0.25, -0.2) is 22.3 Å². The molecule has 256 valence electrons. The molecule has 1 amide bonds. The fraction of sp³-hybridized carbons (Fsp3) is 0.371. The Kier molecular flexibility index (Phi) is 12.0. The number of fused-ring (bicyclic) bond motifs is 1. The molecule has 11 nitrogen and oxygen atoms in total. The molecule has 1 aromatic heterocycles. The highest BCUT2D eigenvalue weighted by molar-refractivity contribution is 7.88. The van der Waals surface area contributed by atoms with Crippen LogP contribution in [0.4, 0.5) is 4.39 Å². The summed E-state index contributed by atoms with van der Waals surface area (Å²) in [5, 5.41) is 3.23. The van der Waals surface area contributed by atoms with Crippen molar-refractivity contribution < 1.29 is 45.8 Å². The van der Waals surface area contributed by atoms with E-state index >= 15 is 0 Å². The fourth-order valence-electron chi connectivity index (χ4n) is 5.32. The summed E-state index contributed by atoms with van der Waals surface area (Å²) in [6.45, 7) is 1.90. The maximum atomic E-state index is 13.6. The Bertz CT molecular complexity index is 1840. The van der Waals surface area contributed by atoms with Crippen molar-refractivity contribution in [3.05, 3.63) is 94.3 Å². The smallest absolute Gasteiger partial charge is 0.337 e. The van der Waals surface area contributed by atoms with Crippen LogP contribution in [-0.2, 0) is 41.3 Å². The van der Waals surface area contributed by atoms with E-state index in [0.717, 1.165) is 24.0 Å². The summed E-state index contributed by atoms with van der Waals surface area (Å²) >= 11 is 0. The third-order valence-corrected chi connectivity index (χ3v) is 9.14. The van der Waals surface area contributed by atoms with E-state index in [4.69, 9.17) is 23.4 Å². The normalized spacial score (nSPS) is 13.1. The minimum absolute atomic E-state index is 0.0906. The minimum Gasteiger partial charge on any atom is -0.465 e. The number of amides is 1. The van der Waals surface area contributed by atoms with Crippen LogP contribution in [0, 0.1) is 5.82 Å². The molecule has 1 aliphatic carbocycles. The molecule has 0 radical (unpaired) electrons. The zero-order chi connectivity index (χ0) is 34.1. The molecule has 13 heteroatoms. The number of rotatable bonds is 18. The van der Waals surface area contributed by atoms with Gasteiger partial charge in [-0.2, -0.15) is 0 Å². The summed E-state index contributed by atoms with van der Waals surface area (Å²) in [6.07, 6.45) is 1.85. The number of ether oxygens (including phenoxy) is 4. The fourth-order valence-corrected chi connectivity index (χ4v) is 6.47. The lowest BCUT2D eigenvalue weighted by molar-refractivity contribution is 0.0116. The van der Waals surface area contributed by atoms with Crippen molar-refractivity contribution in [3.8, 4) is 11.3 Å². The van der Waals surface area contributed by atoms with Gasteiger partial charge in [0.05, 0.1) is 63.6 Å². The molecule has 1 saturated carbocycles. The Morgan fingerprint density at radius 3 is 2.33 bits per heavy atom. The van der Waals surface area contributed by atoms with Gasteiger partial charge in [0.1, 0.15) is 17.2 Å². The Hall–Kier alpha value is -4.14. The van der Waals surface area contributed by atoms with E-state index in [1.807, 2.05) is 12.1 Å². The number of sulfonamides is 1. The molecule has 48 heavy (non-hydrogen) atoms. The molecule has 0 saturated heterocycles. The van der Waals surface area contributed by atoms with Crippen molar-refractivity contribution in [2.45, 2.75) is 31.1 Å². The standard InChI is InChI=1S/C35H39FN2O9S/c1-37-34(39)32-30-20-29(24-6-7-24)27(19-31(30)47-33(32)25-8-10-28(36)11-9-25)22-48(41,42)38-12-13-44-14-15-45-16-17-46-21-23-4-3-5-26(18-23)35(40)43-2/h3-5,8-11,18-20,24,38H,6-7,12-17,21-22H2,1-2H3,(H,37,39). The van der Waals surface area contributed by atoms with Crippen LogP contribution in [0.15, 0.2) is 65.1 Å². The van der Waals surface area contributed by atoms with Crippen molar-refractivity contribution in [2.75, 3.05) is 53.7 Å². The molecule has 5 rings (SSSR count). The largest absolute Gasteiger partial charge is 0.465 e. The van der Waals surface area contributed by atoms with Crippen LogP contribution in [0.2, 0.25) is 0 Å². The summed E-state index contributed by atoms with van der Waals surface area (Å²) in [7, 11) is -0.861. The second-order valence-corrected chi connectivity index (χ2v) is 13.1. The molecule has 0 bridgehead atoms. The molecule has 1 fully saturated rings. The van der Waals surface area contributed by atoms with Gasteiger partial charge < -0.3 is 28.7 Å². The number of methoxy groups -OCH3 is 1. The van der Waals surface area contributed by atoms with Crippen molar-refractivity contribution in [3.63, 3.8) is 0 Å². The van der Waals surface area contributed by atoms with Gasteiger partial charge in [-0.1, -0.05) is 12.1 Å². The topological polar surface area (TPSA) is 142 Å². The van der Waals surface area contributed by atoms with Gasteiger partial charge >= 0.3 is 5.97 Å². The van der Waals surface area contributed by atoms with Gasteiger partial charge in [-0.05, 0) is 84.0 Å². The van der Waals surface area contributed by atoms with E-state index in [0.29, 0.717) is 65.4 Å². The highest BCUT2D eigenvalue weighted by Crippen LogP contribution is 2.45. The summed E-state index contributed by atoms with van der Waals surface area (Å²) in [5.41, 5.74) is 4.02. The zero-order valence-corrected chi connectivity index (χ0v) is 27.7. The number of hydrogen-bond donors (Lipinski definition) is 2. The molecule has 0 atom stereocenters. The number of nitrogens with one attached hydrogen (secondary N) is 2. The molecule has 0 aliphatic heterocycles. The number of carbonyl (C=O) groups excluding carboxylic acids is 2. The molecule has 2 N–H and O–H groups in total. The number of hydrogen-bond acceptors (Lipinski definition) is 9. The van der Waals surface area contributed by atoms with E-state index in [-0.39, 0.29) is 37.3 Å². The van der Waals surface area contributed by atoms with E-state index < -0.39 is 21.8 Å². The Morgan fingerprint density at radius 2 is 1.65 bits per heavy atom. The summed E-state index contributed by atoms with van der Waals surface area (Å²) in [4.78, 5) is 24.6. The van der Waals surface area contributed by atoms with Crippen LogP contribution in [0.25, 0.3) is 22.3 Å². The Morgan fingerprint density at radius 1 is 0.938 bits per heavy atom. The van der Waals surface area contributed by atoms with E-state index in [9.17, 15) is 22.4 Å². The van der Waals surface area contributed by atoms with Gasteiger partial charge in [-0.15, -0.1) is 0 Å². The van der Waals surface area contributed by atoms with Gasteiger partial charge in [0, 0.05) is 24.5 Å². The number of halogens is 1. The van der Waals surface area contributed by atoms with Crippen molar-refractivity contribution in [1.82, 2.24) is 10.0 Å². The molecule has 0 unspecified atom stereocenters. The number of esters is 1. The second kappa shape index (κ2) is 16.3. The predicted molar refractivity (Wildman–Crippen MR) is 177 cm³/mol. The highest BCUT2D eigenvalue weighted by atomic mass is 32.2. The summed E-state index contributed by atoms with van der Waals surface area (Å²) < 4.78 is 69.7. The molecular formula is C35H39FN2O9S. The monoisotopic (exact) mass is 682 g/mol. The second-order valence-electron chi connectivity index (χ2n) is 11.3. The quantitative estimate of drug-likeness (QED) is 0.110. The first kappa shape index (κ1) is 35.2. The van der Waals surface area contributed by atoms with E-state index in [1.54, 1.807) is 24.3 Å². The van der Waals surface area contributed by atoms with Crippen LogP contribution in [-0.4, -0.2) is 74.0 Å². The zero-order valence-electron chi connectivity index (χ0n) is 26.9. The van der Waals surface area contributed by atoms with Crippen LogP contribution in [0.1, 0.15) is 56.2 Å². The van der Waals surface area contributed by atoms with Crippen LogP contribution >= 0.6 is 0 Å². The van der Waals surface area contributed by atoms with Gasteiger partial charge in [0.2, 0.25) is 10.0 Å². The van der Waals surface area contributed by atoms with Crippen molar-refractivity contribution >= 4 is 32.9 Å². The van der Waals surface area contributed by atoms with E-state index in [2.05, 4.69) is 10.0 Å². The van der Waals surface area contributed by atoms with Crippen LogP contribution < -0.4 is 10.0 Å². The van der Waals surface area contributed by atoms with Crippen LogP contribution in [0.3, 0.4) is 0 Å². The number of benzene rings is 3. The minimum atomic E-state index is -3.72. The lowest BCUT2D eigenvalue weighted by atomic mass is 9.98. The molecule has 3 aromatic carbocycles. The van der Waals surface area contributed by atoms with Crippen molar-refractivity contribution in [2.24, 2.45) is 0 Å². The van der Waals surface area contributed by atoms with Gasteiger partial charge in [0.25, 0.3) is 5.91 Å². The molecule has 1 aliphatic rings. The Labute approximate surface area is 278 Å². The number of furan rings is 1. The lowest BCUT2D eigenvalue weighted by Gasteiger charge is -2.12. The first-order chi connectivity index (χ1) is 23.2. The molecular weight excluding hydrogens is 643 g/mol. The third-order valence-electron chi connectivity index (χ3n) is 7.80. The molecule has 0 spiro atoms. The molecule has 1 heterocycles. The average Bonchev–Trinajstić information content (AvgIpc) is 3.86.